The summed E-state index contributed by atoms with van der Waals surface area (Å²) in [5.41, 5.74) is 3.48. The molecule has 1 fully saturated rings. The third-order valence-electron chi connectivity index (χ3n) is 2.08. The molecule has 0 saturated carbocycles. The number of halogens is 1. The van der Waals surface area contributed by atoms with Crippen LogP contribution < -0.4 is 15.8 Å². The van der Waals surface area contributed by atoms with Crippen LogP contribution >= 0.6 is 15.9 Å². The van der Waals surface area contributed by atoms with Gasteiger partial charge in [0.2, 0.25) is 0 Å². The second-order valence-corrected chi connectivity index (χ2v) is 4.90. The first kappa shape index (κ1) is 10.4. The molecule has 2 amide bonds. The number of anilines is 1. The van der Waals surface area contributed by atoms with Crippen molar-refractivity contribution in [2.45, 2.75) is 19.5 Å². The molecule has 1 aromatic carbocycles. The summed E-state index contributed by atoms with van der Waals surface area (Å²) in [5.74, 6) is 0. The fourth-order valence-corrected chi connectivity index (χ4v) is 1.87. The molecule has 2 rings (SSSR count). The van der Waals surface area contributed by atoms with E-state index in [1.165, 1.54) is 5.01 Å². The van der Waals surface area contributed by atoms with Crippen LogP contribution in [0.1, 0.15) is 13.8 Å². The third kappa shape index (κ3) is 2.13. The van der Waals surface area contributed by atoms with Gasteiger partial charge in [-0.1, -0.05) is 22.0 Å². The quantitative estimate of drug-likeness (QED) is 0.821. The second-order valence-electron chi connectivity index (χ2n) is 3.98. The van der Waals surface area contributed by atoms with Gasteiger partial charge in [-0.3, -0.25) is 0 Å². The van der Waals surface area contributed by atoms with E-state index in [-0.39, 0.29) is 6.03 Å². The molecule has 4 nitrogen and oxygen atoms in total. The third-order valence-corrected chi connectivity index (χ3v) is 2.57. The van der Waals surface area contributed by atoms with Crippen LogP contribution in [0.2, 0.25) is 0 Å². The molecule has 1 saturated heterocycles. The Morgan fingerprint density at radius 1 is 1.40 bits per heavy atom. The number of hydrogen-bond acceptors (Lipinski definition) is 2. The number of hydrogen-bond donors (Lipinski definition) is 2. The Kier molecular flexibility index (Phi) is 2.44. The topological polar surface area (TPSA) is 44.4 Å². The fourth-order valence-electron chi connectivity index (χ4n) is 1.48. The number of urea groups is 1. The van der Waals surface area contributed by atoms with Crippen molar-refractivity contribution < 1.29 is 4.79 Å². The predicted molar refractivity (Wildman–Crippen MR) is 62.4 cm³/mol. The summed E-state index contributed by atoms with van der Waals surface area (Å²) in [6.07, 6.45) is 0. The molecule has 1 aliphatic heterocycles. The van der Waals surface area contributed by atoms with Gasteiger partial charge in [-0.2, -0.15) is 0 Å². The predicted octanol–water partition coefficient (Wildman–Crippen LogP) is 2.22. The number of amides is 2. The normalized spacial score (nSPS) is 19.1. The van der Waals surface area contributed by atoms with E-state index in [0.717, 1.165) is 10.2 Å². The van der Waals surface area contributed by atoms with E-state index >= 15 is 0 Å². The Bertz CT molecular complexity index is 405. The molecule has 1 aromatic rings. The maximum Gasteiger partial charge on any atom is 0.338 e. The van der Waals surface area contributed by atoms with Crippen LogP contribution in [-0.2, 0) is 0 Å². The number of carbonyl (C=O) groups excluding carboxylic acids is 1. The van der Waals surface area contributed by atoms with E-state index < -0.39 is 5.66 Å². The van der Waals surface area contributed by atoms with Crippen molar-refractivity contribution in [1.82, 2.24) is 10.7 Å². The van der Waals surface area contributed by atoms with Gasteiger partial charge >= 0.3 is 6.03 Å². The van der Waals surface area contributed by atoms with E-state index in [0.29, 0.717) is 0 Å². The summed E-state index contributed by atoms with van der Waals surface area (Å²) in [7, 11) is 0. The van der Waals surface area contributed by atoms with Crippen LogP contribution in [0.4, 0.5) is 10.5 Å². The standard InChI is InChI=1S/C10H12BrN3O/c1-10(2)12-9(15)14(13-10)8-5-3-4-7(11)6-8/h3-6,13H,1-2H3,(H,12,15). The molecule has 0 spiro atoms. The summed E-state index contributed by atoms with van der Waals surface area (Å²) < 4.78 is 0.944. The second kappa shape index (κ2) is 3.50. The first-order valence-electron chi connectivity index (χ1n) is 4.64. The average Bonchev–Trinajstić information content (AvgIpc) is 2.40. The molecular formula is C10H12BrN3O. The lowest BCUT2D eigenvalue weighted by Crippen LogP contribution is -2.45. The van der Waals surface area contributed by atoms with Crippen LogP contribution in [0, 0.1) is 0 Å². The fraction of sp³-hybridized carbons (Fsp3) is 0.300. The highest BCUT2D eigenvalue weighted by molar-refractivity contribution is 9.10. The molecule has 1 aliphatic rings. The van der Waals surface area contributed by atoms with E-state index in [9.17, 15) is 4.79 Å². The van der Waals surface area contributed by atoms with Gasteiger partial charge in [-0.15, -0.1) is 0 Å². The number of benzene rings is 1. The lowest BCUT2D eigenvalue weighted by Gasteiger charge is -2.20. The zero-order chi connectivity index (χ0) is 11.1. The van der Waals surface area contributed by atoms with Gasteiger partial charge in [0, 0.05) is 4.47 Å². The van der Waals surface area contributed by atoms with Crippen molar-refractivity contribution in [2.24, 2.45) is 0 Å². The van der Waals surface area contributed by atoms with Crippen molar-refractivity contribution in [1.29, 1.82) is 0 Å². The van der Waals surface area contributed by atoms with Crippen LogP contribution in [-0.4, -0.2) is 11.7 Å². The van der Waals surface area contributed by atoms with E-state index in [1.807, 2.05) is 38.1 Å². The molecule has 80 valence electrons. The SMILES string of the molecule is CC1(C)NC(=O)N(c2cccc(Br)c2)N1. The van der Waals surface area contributed by atoms with Crippen LogP contribution in [0.3, 0.4) is 0 Å². The molecule has 0 radical (unpaired) electrons. The van der Waals surface area contributed by atoms with Gasteiger partial charge in [0.25, 0.3) is 0 Å². The van der Waals surface area contributed by atoms with Gasteiger partial charge in [0.15, 0.2) is 0 Å². The lowest BCUT2D eigenvalue weighted by molar-refractivity contribution is 0.248. The molecule has 0 aliphatic carbocycles. The molecule has 0 aromatic heterocycles. The zero-order valence-corrected chi connectivity index (χ0v) is 10.1. The van der Waals surface area contributed by atoms with Crippen LogP contribution in [0.15, 0.2) is 28.7 Å². The van der Waals surface area contributed by atoms with Crippen LogP contribution in [0.25, 0.3) is 0 Å². The Balaban J connectivity index is 2.29. The molecule has 2 N–H and O–H groups in total. The summed E-state index contributed by atoms with van der Waals surface area (Å²) >= 11 is 3.37. The lowest BCUT2D eigenvalue weighted by atomic mass is 10.3. The number of hydrazine groups is 1. The molecular weight excluding hydrogens is 258 g/mol. The highest BCUT2D eigenvalue weighted by Gasteiger charge is 2.34. The van der Waals surface area contributed by atoms with Gasteiger partial charge in [0.1, 0.15) is 5.66 Å². The molecule has 5 heteroatoms. The summed E-state index contributed by atoms with van der Waals surface area (Å²) in [5, 5.41) is 4.33. The minimum Gasteiger partial charge on any atom is -0.317 e. The van der Waals surface area contributed by atoms with Gasteiger partial charge < -0.3 is 5.32 Å². The molecule has 0 unspecified atom stereocenters. The summed E-state index contributed by atoms with van der Waals surface area (Å²) in [6, 6.07) is 7.42. The number of nitrogens with zero attached hydrogens (tertiary/aromatic N) is 1. The number of rotatable bonds is 1. The maximum absolute atomic E-state index is 11.6. The minimum atomic E-state index is -0.403. The summed E-state index contributed by atoms with van der Waals surface area (Å²) in [4.78, 5) is 11.6. The highest BCUT2D eigenvalue weighted by atomic mass is 79.9. The van der Waals surface area contributed by atoms with Gasteiger partial charge in [-0.25, -0.2) is 15.2 Å². The molecule has 1 heterocycles. The van der Waals surface area contributed by atoms with Gasteiger partial charge in [-0.05, 0) is 32.0 Å². The largest absolute Gasteiger partial charge is 0.338 e. The number of nitrogens with one attached hydrogen (secondary N) is 2. The molecule has 15 heavy (non-hydrogen) atoms. The highest BCUT2D eigenvalue weighted by Crippen LogP contribution is 2.22. The van der Waals surface area contributed by atoms with Gasteiger partial charge in [0.05, 0.1) is 5.69 Å². The first-order chi connectivity index (χ1) is 6.98. The van der Waals surface area contributed by atoms with E-state index in [1.54, 1.807) is 0 Å². The van der Waals surface area contributed by atoms with Crippen molar-refractivity contribution >= 4 is 27.6 Å². The van der Waals surface area contributed by atoms with E-state index in [4.69, 9.17) is 0 Å². The van der Waals surface area contributed by atoms with Crippen LogP contribution in [0.5, 0.6) is 0 Å². The first-order valence-corrected chi connectivity index (χ1v) is 5.43. The molecule has 0 atom stereocenters. The monoisotopic (exact) mass is 269 g/mol. The van der Waals surface area contributed by atoms with Crippen molar-refractivity contribution in [2.75, 3.05) is 5.01 Å². The maximum atomic E-state index is 11.6. The average molecular weight is 270 g/mol. The smallest absolute Gasteiger partial charge is 0.317 e. The van der Waals surface area contributed by atoms with Crippen molar-refractivity contribution in [3.05, 3.63) is 28.7 Å². The number of carbonyl (C=O) groups is 1. The van der Waals surface area contributed by atoms with Crippen molar-refractivity contribution in [3.8, 4) is 0 Å². The Morgan fingerprint density at radius 2 is 2.13 bits per heavy atom. The molecule has 0 bridgehead atoms. The summed E-state index contributed by atoms with van der Waals surface area (Å²) in [6.45, 7) is 3.81. The van der Waals surface area contributed by atoms with Crippen molar-refractivity contribution in [3.63, 3.8) is 0 Å². The van der Waals surface area contributed by atoms with E-state index in [2.05, 4.69) is 26.7 Å². The Labute approximate surface area is 96.7 Å². The zero-order valence-electron chi connectivity index (χ0n) is 8.54. The minimum absolute atomic E-state index is 0.141. The Morgan fingerprint density at radius 3 is 2.67 bits per heavy atom. The Hall–Kier alpha value is -1.07.